The summed E-state index contributed by atoms with van der Waals surface area (Å²) >= 11 is 1.77. The topological polar surface area (TPSA) is 75.3 Å². The second-order valence-corrected chi connectivity index (χ2v) is 6.09. The quantitative estimate of drug-likeness (QED) is 0.725. The molecule has 0 aromatic heterocycles. The van der Waals surface area contributed by atoms with Crippen LogP contribution in [0, 0.1) is 5.82 Å². The van der Waals surface area contributed by atoms with Crippen LogP contribution in [0.3, 0.4) is 0 Å². The van der Waals surface area contributed by atoms with Crippen molar-refractivity contribution < 1.29 is 14.3 Å². The molecule has 0 heterocycles. The number of anilines is 2. The zero-order valence-corrected chi connectivity index (χ0v) is 11.5. The smallest absolute Gasteiger partial charge is 0.337 e. The molecule has 6 heteroatoms. The Bertz CT molecular complexity index is 498. The maximum absolute atomic E-state index is 13.8. The zero-order chi connectivity index (χ0) is 14.0. The number of nitrogens with two attached hydrogens (primary N) is 1. The number of carboxylic acids is 1. The molecule has 1 aromatic carbocycles. The minimum Gasteiger partial charge on any atom is -0.478 e. The van der Waals surface area contributed by atoms with Crippen molar-refractivity contribution >= 4 is 29.1 Å². The normalized spacial score (nSPS) is 16.7. The van der Waals surface area contributed by atoms with Gasteiger partial charge in [-0.2, -0.15) is 11.8 Å². The number of hydrogen-bond acceptors (Lipinski definition) is 4. The highest BCUT2D eigenvalue weighted by atomic mass is 32.2. The van der Waals surface area contributed by atoms with E-state index in [4.69, 9.17) is 10.8 Å². The summed E-state index contributed by atoms with van der Waals surface area (Å²) in [7, 11) is 0. The Balaban J connectivity index is 2.16. The van der Waals surface area contributed by atoms with E-state index >= 15 is 0 Å². The van der Waals surface area contributed by atoms with Gasteiger partial charge in [-0.15, -0.1) is 0 Å². The molecule has 0 spiro atoms. The van der Waals surface area contributed by atoms with Crippen molar-refractivity contribution in [2.24, 2.45) is 0 Å². The van der Waals surface area contributed by atoms with Crippen molar-refractivity contribution in [3.63, 3.8) is 0 Å². The van der Waals surface area contributed by atoms with E-state index < -0.39 is 11.8 Å². The van der Waals surface area contributed by atoms with Crippen LogP contribution in [0.1, 0.15) is 29.6 Å². The monoisotopic (exact) mass is 284 g/mol. The molecule has 1 aromatic rings. The van der Waals surface area contributed by atoms with Crippen molar-refractivity contribution in [3.05, 3.63) is 23.5 Å². The Morgan fingerprint density at radius 3 is 2.74 bits per heavy atom. The third-order valence-corrected chi connectivity index (χ3v) is 5.09. The lowest BCUT2D eigenvalue weighted by molar-refractivity contribution is 0.0698. The molecule has 0 saturated heterocycles. The van der Waals surface area contributed by atoms with E-state index in [1.807, 2.05) is 6.26 Å². The molecule has 1 aliphatic carbocycles. The largest absolute Gasteiger partial charge is 0.478 e. The first kappa shape index (κ1) is 14.0. The average Bonchev–Trinajstić information content (AvgIpc) is 2.30. The van der Waals surface area contributed by atoms with Gasteiger partial charge in [0.05, 0.1) is 11.3 Å². The molecule has 4 nitrogen and oxygen atoms in total. The van der Waals surface area contributed by atoms with Gasteiger partial charge in [-0.25, -0.2) is 9.18 Å². The molecule has 1 saturated carbocycles. The number of rotatable bonds is 5. The maximum Gasteiger partial charge on any atom is 0.337 e. The molecular weight excluding hydrogens is 267 g/mol. The zero-order valence-electron chi connectivity index (χ0n) is 10.7. The summed E-state index contributed by atoms with van der Waals surface area (Å²) in [5.74, 6) is -1.66. The minimum atomic E-state index is -1.15. The van der Waals surface area contributed by atoms with Crippen LogP contribution in [0.15, 0.2) is 12.1 Å². The maximum atomic E-state index is 13.8. The van der Waals surface area contributed by atoms with Gasteiger partial charge in [0.1, 0.15) is 5.82 Å². The van der Waals surface area contributed by atoms with Gasteiger partial charge in [-0.3, -0.25) is 0 Å². The van der Waals surface area contributed by atoms with Crippen molar-refractivity contribution in [2.45, 2.75) is 24.0 Å². The highest BCUT2D eigenvalue weighted by Gasteiger charge is 2.36. The van der Waals surface area contributed by atoms with Gasteiger partial charge in [0, 0.05) is 17.0 Å². The van der Waals surface area contributed by atoms with Gasteiger partial charge < -0.3 is 16.2 Å². The summed E-state index contributed by atoms with van der Waals surface area (Å²) in [4.78, 5) is 11.0. The first-order chi connectivity index (χ1) is 8.97. The van der Waals surface area contributed by atoms with Gasteiger partial charge >= 0.3 is 5.97 Å². The molecule has 0 amide bonds. The second kappa shape index (κ2) is 5.28. The van der Waals surface area contributed by atoms with E-state index in [0.29, 0.717) is 6.54 Å². The third-order valence-electron chi connectivity index (χ3n) is 3.67. The first-order valence-corrected chi connectivity index (χ1v) is 7.31. The standard InChI is InChI=1S/C13H17FN2O2S/c1-19-13(3-2-4-13)7-16-11-5-8(12(17)18)10(15)6-9(11)14/h5-6,16H,2-4,7,15H2,1H3,(H,17,18). The Hall–Kier alpha value is -1.43. The first-order valence-electron chi connectivity index (χ1n) is 6.09. The fourth-order valence-electron chi connectivity index (χ4n) is 2.19. The van der Waals surface area contributed by atoms with Gasteiger partial charge in [-0.1, -0.05) is 6.42 Å². The Morgan fingerprint density at radius 1 is 1.58 bits per heavy atom. The van der Waals surface area contributed by atoms with Gasteiger partial charge in [0.2, 0.25) is 0 Å². The van der Waals surface area contributed by atoms with Crippen LogP contribution in [-0.4, -0.2) is 28.6 Å². The van der Waals surface area contributed by atoms with Crippen LogP contribution < -0.4 is 11.1 Å². The van der Waals surface area contributed by atoms with Gasteiger partial charge in [0.15, 0.2) is 0 Å². The van der Waals surface area contributed by atoms with Crippen LogP contribution in [-0.2, 0) is 0 Å². The number of benzene rings is 1. The lowest BCUT2D eigenvalue weighted by atomic mass is 9.84. The summed E-state index contributed by atoms with van der Waals surface area (Å²) in [6.45, 7) is 0.633. The van der Waals surface area contributed by atoms with Crippen molar-refractivity contribution in [2.75, 3.05) is 23.9 Å². The second-order valence-electron chi connectivity index (χ2n) is 4.82. The van der Waals surface area contributed by atoms with Crippen LogP contribution >= 0.6 is 11.8 Å². The highest BCUT2D eigenvalue weighted by Crippen LogP contribution is 2.42. The van der Waals surface area contributed by atoms with E-state index in [0.717, 1.165) is 18.9 Å². The van der Waals surface area contributed by atoms with E-state index in [-0.39, 0.29) is 21.7 Å². The van der Waals surface area contributed by atoms with E-state index in [1.54, 1.807) is 11.8 Å². The molecule has 4 N–H and O–H groups in total. The summed E-state index contributed by atoms with van der Waals surface area (Å²) in [6, 6.07) is 2.32. The summed E-state index contributed by atoms with van der Waals surface area (Å²) < 4.78 is 13.9. The lowest BCUT2D eigenvalue weighted by Gasteiger charge is -2.40. The average molecular weight is 284 g/mol. The number of nitrogens with one attached hydrogen (secondary N) is 1. The SMILES string of the molecule is CSC1(CNc2cc(C(=O)O)c(N)cc2F)CCC1. The third kappa shape index (κ3) is 2.78. The Labute approximate surface area is 115 Å². The van der Waals surface area contributed by atoms with E-state index in [2.05, 4.69) is 5.32 Å². The molecule has 1 fully saturated rings. The molecule has 0 bridgehead atoms. The molecule has 104 valence electrons. The number of nitrogen functional groups attached to an aromatic ring is 1. The van der Waals surface area contributed by atoms with Crippen LogP contribution in [0.4, 0.5) is 15.8 Å². The molecular formula is C13H17FN2O2S. The predicted octanol–water partition coefficient (Wildman–Crippen LogP) is 2.80. The number of halogens is 1. The van der Waals surface area contributed by atoms with Crippen molar-refractivity contribution in [1.29, 1.82) is 0 Å². The van der Waals surface area contributed by atoms with E-state index in [1.165, 1.54) is 12.5 Å². The number of hydrogen-bond donors (Lipinski definition) is 3. The molecule has 2 rings (SSSR count). The van der Waals surface area contributed by atoms with Crippen LogP contribution in [0.2, 0.25) is 0 Å². The van der Waals surface area contributed by atoms with Gasteiger partial charge in [-0.05, 0) is 31.2 Å². The fourth-order valence-corrected chi connectivity index (χ4v) is 3.10. The number of carbonyl (C=O) groups is 1. The fraction of sp³-hybridized carbons (Fsp3) is 0.462. The molecule has 0 atom stereocenters. The summed E-state index contributed by atoms with van der Waals surface area (Å²) in [5.41, 5.74) is 5.55. The molecule has 1 aliphatic rings. The van der Waals surface area contributed by atoms with Crippen LogP contribution in [0.25, 0.3) is 0 Å². The number of thioether (sulfide) groups is 1. The van der Waals surface area contributed by atoms with Crippen molar-refractivity contribution in [3.8, 4) is 0 Å². The van der Waals surface area contributed by atoms with Crippen LogP contribution in [0.5, 0.6) is 0 Å². The summed E-state index contributed by atoms with van der Waals surface area (Å²) in [6.07, 6.45) is 5.43. The number of carboxylic acid groups (broad SMARTS) is 1. The van der Waals surface area contributed by atoms with E-state index in [9.17, 15) is 9.18 Å². The minimum absolute atomic E-state index is 0.0567. The summed E-state index contributed by atoms with van der Waals surface area (Å²) in [5, 5.41) is 12.0. The Kier molecular flexibility index (Phi) is 3.89. The van der Waals surface area contributed by atoms with Gasteiger partial charge in [0.25, 0.3) is 0 Å². The van der Waals surface area contributed by atoms with Crippen molar-refractivity contribution in [1.82, 2.24) is 0 Å². The molecule has 0 unspecified atom stereocenters. The number of aromatic carboxylic acids is 1. The predicted molar refractivity (Wildman–Crippen MR) is 76.4 cm³/mol. The highest BCUT2D eigenvalue weighted by molar-refractivity contribution is 8.00. The Morgan fingerprint density at radius 2 is 2.26 bits per heavy atom. The molecule has 0 aliphatic heterocycles. The molecule has 0 radical (unpaired) electrons. The lowest BCUT2D eigenvalue weighted by Crippen LogP contribution is -2.40. The molecule has 19 heavy (non-hydrogen) atoms.